The molecule has 31 heavy (non-hydrogen) atoms. The van der Waals surface area contributed by atoms with Crippen LogP contribution >= 0.6 is 0 Å². The van der Waals surface area contributed by atoms with Crippen LogP contribution in [0.3, 0.4) is 0 Å². The second-order valence-corrected chi connectivity index (χ2v) is 8.94. The van der Waals surface area contributed by atoms with E-state index >= 15 is 0 Å². The van der Waals surface area contributed by atoms with Crippen molar-refractivity contribution in [2.75, 3.05) is 39.3 Å². The fraction of sp³-hybridized carbons (Fsp3) is 0.652. The Morgan fingerprint density at radius 1 is 0.839 bits per heavy atom. The number of benzene rings is 1. The first-order valence-electron chi connectivity index (χ1n) is 11.3. The largest absolute Gasteiger partial charge is 0.416 e. The molecule has 3 aliphatic rings. The molecule has 3 fully saturated rings. The molecule has 3 saturated heterocycles. The predicted molar refractivity (Wildman–Crippen MR) is 110 cm³/mol. The zero-order valence-corrected chi connectivity index (χ0v) is 17.7. The smallest absolute Gasteiger partial charge is 0.342 e. The Morgan fingerprint density at radius 2 is 1.48 bits per heavy atom. The summed E-state index contributed by atoms with van der Waals surface area (Å²) in [5.41, 5.74) is -0.700. The summed E-state index contributed by atoms with van der Waals surface area (Å²) in [5.74, 6) is 0.120. The standard InChI is InChI=1S/C23H30F3N3O2/c24-23(25,26)19-5-3-4-18(16-19)22(31)29-14-8-20(9-15-29)27-12-6-17(7-13-27)21(30)28-10-1-2-11-28/h3-5,16-17,20H,1-2,6-15H2. The number of likely N-dealkylation sites (tertiary alicyclic amines) is 3. The third-order valence-electron chi connectivity index (χ3n) is 7.00. The number of carbonyl (C=O) groups is 2. The molecule has 4 rings (SSSR count). The van der Waals surface area contributed by atoms with E-state index in [4.69, 9.17) is 0 Å². The average molecular weight is 438 g/mol. The number of nitrogens with zero attached hydrogens (tertiary/aromatic N) is 3. The summed E-state index contributed by atoms with van der Waals surface area (Å²) >= 11 is 0. The van der Waals surface area contributed by atoms with Crippen LogP contribution in [-0.4, -0.2) is 71.8 Å². The SMILES string of the molecule is O=C(c1cccc(C(F)(F)F)c1)N1CCC(N2CCC(C(=O)N3CCCC3)CC2)CC1. The zero-order chi connectivity index (χ0) is 22.0. The second kappa shape index (κ2) is 9.18. The Bertz CT molecular complexity index is 792. The number of alkyl halides is 3. The molecular weight excluding hydrogens is 407 g/mol. The van der Waals surface area contributed by atoms with Gasteiger partial charge in [0.05, 0.1) is 5.56 Å². The highest BCUT2D eigenvalue weighted by Gasteiger charge is 2.35. The number of hydrogen-bond acceptors (Lipinski definition) is 3. The quantitative estimate of drug-likeness (QED) is 0.725. The summed E-state index contributed by atoms with van der Waals surface area (Å²) in [5, 5.41) is 0. The second-order valence-electron chi connectivity index (χ2n) is 8.94. The molecule has 0 unspecified atom stereocenters. The molecule has 5 nitrogen and oxygen atoms in total. The Morgan fingerprint density at radius 3 is 2.10 bits per heavy atom. The number of halogens is 3. The molecule has 0 aliphatic carbocycles. The Hall–Kier alpha value is -2.09. The third-order valence-corrected chi connectivity index (χ3v) is 7.00. The average Bonchev–Trinajstić information content (AvgIpc) is 3.33. The van der Waals surface area contributed by atoms with E-state index < -0.39 is 11.7 Å². The molecule has 170 valence electrons. The van der Waals surface area contributed by atoms with E-state index in [0.29, 0.717) is 25.0 Å². The van der Waals surface area contributed by atoms with Gasteiger partial charge in [0, 0.05) is 43.7 Å². The summed E-state index contributed by atoms with van der Waals surface area (Å²) in [6, 6.07) is 5.04. The lowest BCUT2D eigenvalue weighted by Gasteiger charge is -2.42. The molecule has 8 heteroatoms. The van der Waals surface area contributed by atoms with Crippen LogP contribution in [0.4, 0.5) is 13.2 Å². The van der Waals surface area contributed by atoms with Crippen molar-refractivity contribution in [1.29, 1.82) is 0 Å². The molecule has 3 aliphatic heterocycles. The van der Waals surface area contributed by atoms with Gasteiger partial charge in [-0.1, -0.05) is 6.07 Å². The van der Waals surface area contributed by atoms with Gasteiger partial charge in [-0.2, -0.15) is 13.2 Å². The van der Waals surface area contributed by atoms with Crippen molar-refractivity contribution in [2.45, 2.75) is 50.7 Å². The molecule has 1 aromatic rings. The van der Waals surface area contributed by atoms with Crippen molar-refractivity contribution < 1.29 is 22.8 Å². The van der Waals surface area contributed by atoms with Gasteiger partial charge in [-0.05, 0) is 69.8 Å². The van der Waals surface area contributed by atoms with E-state index in [1.54, 1.807) is 4.90 Å². The molecule has 0 aromatic heterocycles. The summed E-state index contributed by atoms with van der Waals surface area (Å²) in [4.78, 5) is 31.4. The van der Waals surface area contributed by atoms with Crippen molar-refractivity contribution in [3.63, 3.8) is 0 Å². The fourth-order valence-corrected chi connectivity index (χ4v) is 5.15. The maximum absolute atomic E-state index is 12.9. The first-order chi connectivity index (χ1) is 14.8. The van der Waals surface area contributed by atoms with Crippen LogP contribution in [-0.2, 0) is 11.0 Å². The number of amides is 2. The van der Waals surface area contributed by atoms with E-state index in [1.165, 1.54) is 12.1 Å². The minimum Gasteiger partial charge on any atom is -0.342 e. The van der Waals surface area contributed by atoms with Crippen LogP contribution < -0.4 is 0 Å². The Balaban J connectivity index is 1.26. The molecule has 0 saturated carbocycles. The molecule has 0 bridgehead atoms. The van der Waals surface area contributed by atoms with Gasteiger partial charge < -0.3 is 14.7 Å². The van der Waals surface area contributed by atoms with Gasteiger partial charge in [0.25, 0.3) is 5.91 Å². The van der Waals surface area contributed by atoms with E-state index in [-0.39, 0.29) is 17.4 Å². The molecular formula is C23H30F3N3O2. The monoisotopic (exact) mass is 437 g/mol. The molecule has 0 spiro atoms. The first-order valence-corrected chi connectivity index (χ1v) is 11.3. The first kappa shape index (κ1) is 22.1. The summed E-state index contributed by atoms with van der Waals surface area (Å²) in [6.07, 6.45) is 1.18. The van der Waals surface area contributed by atoms with E-state index in [0.717, 1.165) is 76.8 Å². The van der Waals surface area contributed by atoms with Gasteiger partial charge in [-0.25, -0.2) is 0 Å². The van der Waals surface area contributed by atoms with Crippen molar-refractivity contribution in [3.8, 4) is 0 Å². The summed E-state index contributed by atoms with van der Waals surface area (Å²) in [6.45, 7) is 4.70. The van der Waals surface area contributed by atoms with Crippen LogP contribution in [0.25, 0.3) is 0 Å². The van der Waals surface area contributed by atoms with E-state index in [2.05, 4.69) is 4.90 Å². The predicted octanol–water partition coefficient (Wildman–Crippen LogP) is 3.64. The third kappa shape index (κ3) is 5.05. The van der Waals surface area contributed by atoms with E-state index in [9.17, 15) is 22.8 Å². The highest BCUT2D eigenvalue weighted by Crippen LogP contribution is 2.30. The van der Waals surface area contributed by atoms with Crippen molar-refractivity contribution in [3.05, 3.63) is 35.4 Å². The van der Waals surface area contributed by atoms with Crippen LogP contribution in [0.15, 0.2) is 24.3 Å². The molecule has 2 amide bonds. The van der Waals surface area contributed by atoms with Gasteiger partial charge in [0.1, 0.15) is 0 Å². The molecule has 1 aromatic carbocycles. The molecule has 3 heterocycles. The Kier molecular flexibility index (Phi) is 6.55. The van der Waals surface area contributed by atoms with Crippen molar-refractivity contribution >= 4 is 11.8 Å². The van der Waals surface area contributed by atoms with Crippen molar-refractivity contribution in [2.24, 2.45) is 5.92 Å². The topological polar surface area (TPSA) is 43.9 Å². The Labute approximate surface area is 181 Å². The number of rotatable bonds is 3. The lowest BCUT2D eigenvalue weighted by Crippen LogP contribution is -2.50. The van der Waals surface area contributed by atoms with E-state index in [1.807, 2.05) is 4.90 Å². The van der Waals surface area contributed by atoms with Crippen LogP contribution in [0.5, 0.6) is 0 Å². The molecule has 0 atom stereocenters. The maximum Gasteiger partial charge on any atom is 0.416 e. The molecule has 0 radical (unpaired) electrons. The van der Waals surface area contributed by atoms with Gasteiger partial charge in [0.15, 0.2) is 0 Å². The highest BCUT2D eigenvalue weighted by atomic mass is 19.4. The summed E-state index contributed by atoms with van der Waals surface area (Å²) in [7, 11) is 0. The number of piperidine rings is 2. The van der Waals surface area contributed by atoms with Crippen LogP contribution in [0, 0.1) is 5.92 Å². The number of hydrogen-bond donors (Lipinski definition) is 0. The zero-order valence-electron chi connectivity index (χ0n) is 17.7. The van der Waals surface area contributed by atoms with Gasteiger partial charge in [-0.3, -0.25) is 9.59 Å². The van der Waals surface area contributed by atoms with Crippen LogP contribution in [0.1, 0.15) is 54.4 Å². The van der Waals surface area contributed by atoms with Crippen molar-refractivity contribution in [1.82, 2.24) is 14.7 Å². The van der Waals surface area contributed by atoms with Crippen LogP contribution in [0.2, 0.25) is 0 Å². The molecule has 0 N–H and O–H groups in total. The normalized spacial score (nSPS) is 22.2. The van der Waals surface area contributed by atoms with Gasteiger partial charge in [0.2, 0.25) is 5.91 Å². The minimum absolute atomic E-state index is 0.0921. The highest BCUT2D eigenvalue weighted by molar-refractivity contribution is 5.94. The van der Waals surface area contributed by atoms with Gasteiger partial charge >= 0.3 is 6.18 Å². The lowest BCUT2D eigenvalue weighted by molar-refractivity contribution is -0.138. The lowest BCUT2D eigenvalue weighted by atomic mass is 9.92. The summed E-state index contributed by atoms with van der Waals surface area (Å²) < 4.78 is 38.8. The minimum atomic E-state index is -4.45. The number of carbonyl (C=O) groups excluding carboxylic acids is 2. The maximum atomic E-state index is 12.9. The van der Waals surface area contributed by atoms with Gasteiger partial charge in [-0.15, -0.1) is 0 Å². The fourth-order valence-electron chi connectivity index (χ4n) is 5.15.